The van der Waals surface area contributed by atoms with E-state index in [1.54, 1.807) is 0 Å². The number of hydrogen-bond donors (Lipinski definition) is 0. The number of para-hydroxylation sites is 1. The van der Waals surface area contributed by atoms with Crippen LogP contribution < -0.4 is 4.59 Å². The van der Waals surface area contributed by atoms with Crippen LogP contribution in [-0.2, 0) is 0 Å². The highest BCUT2D eigenvalue weighted by atomic mass is 35.5. The summed E-state index contributed by atoms with van der Waals surface area (Å²) in [5.41, 5.74) is -1.42. The maximum absolute atomic E-state index is 14.2. The molecule has 2 aromatic rings. The molecule has 9 heteroatoms. The number of allylic oxidation sites excluding steroid dienone is 1. The fourth-order valence-corrected chi connectivity index (χ4v) is 2.88. The summed E-state index contributed by atoms with van der Waals surface area (Å²) in [4.78, 5) is 0. The molecule has 136 valence electrons. The molecule has 0 aromatic heterocycles. The minimum Gasteiger partial charge on any atom is -0.206 e. The average molecular weight is 392 g/mol. The van der Waals surface area contributed by atoms with Gasteiger partial charge in [0.1, 0.15) is 12.9 Å². The van der Waals surface area contributed by atoms with Gasteiger partial charge in [-0.15, -0.1) is 4.59 Å². The lowest BCUT2D eigenvalue weighted by atomic mass is 10.0. The van der Waals surface area contributed by atoms with Gasteiger partial charge in [0, 0.05) is 23.3 Å². The van der Waals surface area contributed by atoms with E-state index in [9.17, 15) is 26.3 Å². The molecule has 3 rings (SSSR count). The molecule has 0 bridgehead atoms. The van der Waals surface area contributed by atoms with E-state index >= 15 is 0 Å². The smallest absolute Gasteiger partial charge is 0.206 e. The number of quaternary nitrogens is 1. The summed E-state index contributed by atoms with van der Waals surface area (Å²) in [7, 11) is 1.27. The second kappa shape index (κ2) is 6.14. The molecule has 1 unspecified atom stereocenters. The molecular weight excluding hydrogens is 382 g/mol. The first-order valence-corrected chi connectivity index (χ1v) is 7.58. The van der Waals surface area contributed by atoms with Crippen molar-refractivity contribution in [1.82, 2.24) is 4.59 Å². The first-order valence-electron chi connectivity index (χ1n) is 7.20. The zero-order valence-electron chi connectivity index (χ0n) is 13.1. The zero-order valence-corrected chi connectivity index (χ0v) is 13.8. The van der Waals surface area contributed by atoms with Crippen molar-refractivity contribution in [2.45, 2.75) is 6.18 Å². The Kier molecular flexibility index (Phi) is 4.36. The van der Waals surface area contributed by atoms with Crippen molar-refractivity contribution >= 4 is 23.0 Å². The van der Waals surface area contributed by atoms with Crippen LogP contribution in [0.2, 0.25) is 0 Å². The summed E-state index contributed by atoms with van der Waals surface area (Å²) in [5, 5.41) is 3.33. The summed E-state index contributed by atoms with van der Waals surface area (Å²) in [6.45, 7) is 0. The molecule has 1 aliphatic rings. The fourth-order valence-electron chi connectivity index (χ4n) is 2.65. The minimum absolute atomic E-state index is 0.0325. The predicted molar refractivity (Wildman–Crippen MR) is 86.9 cm³/mol. The molecule has 0 aliphatic carbocycles. The molecule has 0 saturated carbocycles. The van der Waals surface area contributed by atoms with Crippen LogP contribution in [0.1, 0.15) is 0 Å². The van der Waals surface area contributed by atoms with Gasteiger partial charge >= 0.3 is 6.18 Å². The molecule has 1 atom stereocenters. The van der Waals surface area contributed by atoms with Gasteiger partial charge in [-0.3, -0.25) is 0 Å². The van der Waals surface area contributed by atoms with Crippen LogP contribution in [0.25, 0.3) is 11.1 Å². The Morgan fingerprint density at radius 1 is 0.923 bits per heavy atom. The van der Waals surface area contributed by atoms with Crippen LogP contribution in [0, 0.1) is 17.5 Å². The molecular formula is C17H10ClF6N2+. The van der Waals surface area contributed by atoms with E-state index in [0.29, 0.717) is 18.2 Å². The molecule has 0 radical (unpaired) electrons. The number of rotatable bonds is 2. The van der Waals surface area contributed by atoms with Crippen molar-refractivity contribution in [3.8, 4) is 11.1 Å². The van der Waals surface area contributed by atoms with Gasteiger partial charge in [0.2, 0.25) is 10.9 Å². The second-order valence-corrected chi connectivity index (χ2v) is 6.06. The predicted octanol–water partition coefficient (Wildman–Crippen LogP) is 5.72. The fraction of sp³-hybridized carbons (Fsp3) is 0.118. The van der Waals surface area contributed by atoms with Crippen LogP contribution in [-0.4, -0.2) is 18.9 Å². The number of nitrogens with zero attached hydrogens (tertiary/aromatic N) is 2. The van der Waals surface area contributed by atoms with Crippen LogP contribution in [0.3, 0.4) is 0 Å². The van der Waals surface area contributed by atoms with E-state index in [-0.39, 0.29) is 22.0 Å². The Labute approximate surface area is 149 Å². The van der Waals surface area contributed by atoms with Gasteiger partial charge < -0.3 is 0 Å². The Bertz CT molecular complexity index is 951. The van der Waals surface area contributed by atoms with Gasteiger partial charge in [-0.1, -0.05) is 17.2 Å². The largest absolute Gasteiger partial charge is 0.438 e. The van der Waals surface area contributed by atoms with Gasteiger partial charge in [0.05, 0.1) is 6.08 Å². The maximum atomic E-state index is 14.2. The maximum Gasteiger partial charge on any atom is 0.438 e. The lowest BCUT2D eigenvalue weighted by molar-refractivity contribution is -0.0581. The highest BCUT2D eigenvalue weighted by molar-refractivity contribution is 6.33. The molecule has 1 heterocycles. The standard InChI is InChI=1S/C17H10ClF6N2/c1-26(16(18)8-15(25-26)17(22,23)24)14-5-3-2-4-9(14)10-6-12(20)13(21)7-11(10)19/h2-8H,1H3/q+1. The third kappa shape index (κ3) is 2.99. The third-order valence-corrected chi connectivity index (χ3v) is 4.38. The quantitative estimate of drug-likeness (QED) is 0.269. The van der Waals surface area contributed by atoms with Crippen LogP contribution in [0.15, 0.2) is 52.7 Å². The monoisotopic (exact) mass is 391 g/mol. The topological polar surface area (TPSA) is 12.4 Å². The van der Waals surface area contributed by atoms with E-state index in [1.165, 1.54) is 31.3 Å². The van der Waals surface area contributed by atoms with Crippen molar-refractivity contribution in [3.05, 3.63) is 65.1 Å². The molecule has 0 spiro atoms. The lowest BCUT2D eigenvalue weighted by Gasteiger charge is -2.25. The minimum atomic E-state index is -4.72. The van der Waals surface area contributed by atoms with Crippen molar-refractivity contribution < 1.29 is 26.3 Å². The third-order valence-electron chi connectivity index (χ3n) is 3.94. The Hall–Kier alpha value is -2.32. The molecule has 2 nitrogen and oxygen atoms in total. The van der Waals surface area contributed by atoms with Gasteiger partial charge in [-0.05, 0) is 23.7 Å². The summed E-state index contributed by atoms with van der Waals surface area (Å²) in [5.74, 6) is -3.73. The highest BCUT2D eigenvalue weighted by Crippen LogP contribution is 2.43. The molecule has 26 heavy (non-hydrogen) atoms. The lowest BCUT2D eigenvalue weighted by Crippen LogP contribution is -2.35. The van der Waals surface area contributed by atoms with E-state index in [0.717, 1.165) is 0 Å². The summed E-state index contributed by atoms with van der Waals surface area (Å²) in [6.07, 6.45) is -4.06. The molecule has 0 N–H and O–H groups in total. The van der Waals surface area contributed by atoms with Gasteiger partial charge in [0.15, 0.2) is 17.3 Å². The molecule has 0 fully saturated rings. The normalized spacial score (nSPS) is 20.2. The second-order valence-electron chi connectivity index (χ2n) is 5.67. The van der Waals surface area contributed by atoms with Crippen molar-refractivity contribution in [3.63, 3.8) is 0 Å². The Balaban J connectivity index is 2.23. The van der Waals surface area contributed by atoms with Crippen LogP contribution in [0.5, 0.6) is 0 Å². The van der Waals surface area contributed by atoms with E-state index < -0.39 is 33.9 Å². The molecule has 2 aromatic carbocycles. The number of alkyl halides is 3. The van der Waals surface area contributed by atoms with E-state index in [4.69, 9.17) is 11.6 Å². The van der Waals surface area contributed by atoms with E-state index in [2.05, 4.69) is 5.10 Å². The average Bonchev–Trinajstić information content (AvgIpc) is 2.88. The number of hydrogen-bond acceptors (Lipinski definition) is 1. The van der Waals surface area contributed by atoms with Gasteiger partial charge in [-0.2, -0.15) is 13.2 Å². The van der Waals surface area contributed by atoms with Crippen LogP contribution >= 0.6 is 11.6 Å². The Morgan fingerprint density at radius 3 is 2.15 bits per heavy atom. The highest BCUT2D eigenvalue weighted by Gasteiger charge is 2.47. The summed E-state index contributed by atoms with van der Waals surface area (Å²) >= 11 is 6.00. The van der Waals surface area contributed by atoms with Crippen molar-refractivity contribution in [2.24, 2.45) is 5.10 Å². The first kappa shape index (κ1) is 18.5. The zero-order chi connectivity index (χ0) is 19.3. The van der Waals surface area contributed by atoms with Gasteiger partial charge in [0.25, 0.3) is 0 Å². The Morgan fingerprint density at radius 2 is 1.54 bits per heavy atom. The van der Waals surface area contributed by atoms with E-state index in [1.807, 2.05) is 0 Å². The number of halogens is 7. The molecule has 0 amide bonds. The molecule has 0 saturated heterocycles. The summed E-state index contributed by atoms with van der Waals surface area (Å²) < 4.78 is 79.1. The number of benzene rings is 2. The SMILES string of the molecule is C[N+]1(c2ccccc2-c2cc(F)c(F)cc2F)N=C(C(F)(F)F)C=C1Cl. The summed E-state index contributed by atoms with van der Waals surface area (Å²) in [6, 6.07) is 6.72. The van der Waals surface area contributed by atoms with Gasteiger partial charge in [-0.25, -0.2) is 13.2 Å². The van der Waals surface area contributed by atoms with Crippen LogP contribution in [0.4, 0.5) is 32.0 Å². The molecule has 1 aliphatic heterocycles. The first-order chi connectivity index (χ1) is 12.0. The van der Waals surface area contributed by atoms with Crippen molar-refractivity contribution in [1.29, 1.82) is 0 Å². The van der Waals surface area contributed by atoms with Crippen molar-refractivity contribution in [2.75, 3.05) is 7.05 Å².